The number of hydrogen-bond donors (Lipinski definition) is 2. The van der Waals surface area contributed by atoms with Crippen molar-refractivity contribution >= 4 is 5.69 Å². The summed E-state index contributed by atoms with van der Waals surface area (Å²) in [5.74, 6) is 0.145. The van der Waals surface area contributed by atoms with E-state index in [9.17, 15) is 9.50 Å². The third-order valence-corrected chi connectivity index (χ3v) is 3.74. The number of halogens is 1. The van der Waals surface area contributed by atoms with Crippen LogP contribution in [-0.4, -0.2) is 30.8 Å². The van der Waals surface area contributed by atoms with Crippen molar-refractivity contribution in [3.05, 3.63) is 48.1 Å². The van der Waals surface area contributed by atoms with Crippen molar-refractivity contribution < 1.29 is 14.2 Å². The van der Waals surface area contributed by atoms with Gasteiger partial charge in [0.1, 0.15) is 12.4 Å². The van der Waals surface area contributed by atoms with Gasteiger partial charge in [-0.25, -0.2) is 4.39 Å². The summed E-state index contributed by atoms with van der Waals surface area (Å²) in [6.07, 6.45) is 7.38. The molecule has 1 aromatic carbocycles. The number of ether oxygens (including phenoxy) is 1. The molecule has 0 saturated carbocycles. The molecule has 2 N–H and O–H groups in total. The van der Waals surface area contributed by atoms with Gasteiger partial charge >= 0.3 is 0 Å². The quantitative estimate of drug-likeness (QED) is 0.895. The molecule has 1 aromatic rings. The maximum absolute atomic E-state index is 14.1. The first-order valence-electron chi connectivity index (χ1n) is 7.21. The van der Waals surface area contributed by atoms with Crippen molar-refractivity contribution in [2.75, 3.05) is 24.6 Å². The van der Waals surface area contributed by atoms with Crippen LogP contribution in [0.5, 0.6) is 5.75 Å². The van der Waals surface area contributed by atoms with Crippen molar-refractivity contribution in [1.29, 1.82) is 0 Å². The summed E-state index contributed by atoms with van der Waals surface area (Å²) < 4.78 is 19.7. The third-order valence-electron chi connectivity index (χ3n) is 3.74. The molecular formula is C16H19FN2O2. The van der Waals surface area contributed by atoms with Crippen LogP contribution in [-0.2, 0) is 0 Å². The van der Waals surface area contributed by atoms with E-state index in [0.29, 0.717) is 24.9 Å². The van der Waals surface area contributed by atoms with E-state index in [1.54, 1.807) is 35.4 Å². The van der Waals surface area contributed by atoms with Crippen molar-refractivity contribution in [2.45, 2.75) is 18.9 Å². The lowest BCUT2D eigenvalue weighted by molar-refractivity contribution is 0.265. The molecule has 0 unspecified atom stereocenters. The Kier molecular flexibility index (Phi) is 4.10. The van der Waals surface area contributed by atoms with E-state index < -0.39 is 0 Å². The second kappa shape index (κ2) is 6.18. The van der Waals surface area contributed by atoms with Gasteiger partial charge in [-0.1, -0.05) is 0 Å². The first-order chi connectivity index (χ1) is 10.2. The molecule has 5 heteroatoms. The first kappa shape index (κ1) is 13.9. The summed E-state index contributed by atoms with van der Waals surface area (Å²) in [5, 5.41) is 12.8. The van der Waals surface area contributed by atoms with Crippen LogP contribution in [0.15, 0.2) is 42.3 Å². The van der Waals surface area contributed by atoms with Gasteiger partial charge in [-0.05, 0) is 43.7 Å². The molecule has 21 heavy (non-hydrogen) atoms. The molecule has 0 amide bonds. The standard InChI is InChI=1S/C16H19FN2O2/c17-15-9-13(19-8-2-4-14(20)10-19)5-6-16(15)21-11-12-3-1-7-18-12/h2,4-6,8-9,12,18,20H,1,3,7,10-11H2/t12-/m1/s1. The highest BCUT2D eigenvalue weighted by atomic mass is 19.1. The minimum atomic E-state index is -0.382. The molecule has 0 bridgehead atoms. The van der Waals surface area contributed by atoms with Crippen molar-refractivity contribution in [3.63, 3.8) is 0 Å². The smallest absolute Gasteiger partial charge is 0.167 e. The molecule has 3 rings (SSSR count). The normalized spacial score (nSPS) is 21.5. The monoisotopic (exact) mass is 290 g/mol. The summed E-state index contributed by atoms with van der Waals surface area (Å²) in [6.45, 7) is 1.85. The van der Waals surface area contributed by atoms with Gasteiger partial charge in [0.25, 0.3) is 0 Å². The van der Waals surface area contributed by atoms with Gasteiger partial charge in [-0.15, -0.1) is 0 Å². The lowest BCUT2D eigenvalue weighted by Gasteiger charge is -2.23. The van der Waals surface area contributed by atoms with Crippen LogP contribution < -0.4 is 15.0 Å². The summed E-state index contributed by atoms with van der Waals surface area (Å²) in [4.78, 5) is 1.78. The topological polar surface area (TPSA) is 44.7 Å². The number of nitrogens with zero attached hydrogens (tertiary/aromatic N) is 1. The Morgan fingerprint density at radius 1 is 1.43 bits per heavy atom. The van der Waals surface area contributed by atoms with Gasteiger partial charge in [0.15, 0.2) is 11.6 Å². The minimum Gasteiger partial charge on any atom is -0.510 e. The Morgan fingerprint density at radius 3 is 3.05 bits per heavy atom. The van der Waals surface area contributed by atoms with E-state index in [2.05, 4.69) is 5.32 Å². The molecule has 112 valence electrons. The van der Waals surface area contributed by atoms with Crippen LogP contribution in [0.1, 0.15) is 12.8 Å². The van der Waals surface area contributed by atoms with Gasteiger partial charge in [0, 0.05) is 24.0 Å². The molecule has 2 heterocycles. The first-order valence-corrected chi connectivity index (χ1v) is 7.21. The molecule has 0 spiro atoms. The fourth-order valence-corrected chi connectivity index (χ4v) is 2.59. The fourth-order valence-electron chi connectivity index (χ4n) is 2.59. The van der Waals surface area contributed by atoms with E-state index in [1.165, 1.54) is 6.07 Å². The van der Waals surface area contributed by atoms with Crippen LogP contribution in [0.4, 0.5) is 10.1 Å². The zero-order valence-corrected chi connectivity index (χ0v) is 11.8. The molecule has 2 aliphatic rings. The minimum absolute atomic E-state index is 0.255. The number of hydrogen-bond acceptors (Lipinski definition) is 4. The van der Waals surface area contributed by atoms with E-state index in [0.717, 1.165) is 19.4 Å². The Bertz CT molecular complexity index is 565. The molecule has 0 aliphatic carbocycles. The predicted octanol–water partition coefficient (Wildman–Crippen LogP) is 2.73. The van der Waals surface area contributed by atoms with E-state index >= 15 is 0 Å². The number of rotatable bonds is 4. The van der Waals surface area contributed by atoms with Crippen LogP contribution in [0.25, 0.3) is 0 Å². The molecule has 4 nitrogen and oxygen atoms in total. The Morgan fingerprint density at radius 2 is 2.33 bits per heavy atom. The number of anilines is 1. The SMILES string of the molecule is OC1=CC=CN(c2ccc(OC[C@H]3CCCN3)c(F)c2)C1. The maximum Gasteiger partial charge on any atom is 0.167 e. The van der Waals surface area contributed by atoms with Crippen molar-refractivity contribution in [3.8, 4) is 5.75 Å². The zero-order chi connectivity index (χ0) is 14.7. The second-order valence-electron chi connectivity index (χ2n) is 5.35. The maximum atomic E-state index is 14.1. The van der Waals surface area contributed by atoms with Gasteiger partial charge in [-0.2, -0.15) is 0 Å². The highest BCUT2D eigenvalue weighted by Gasteiger charge is 2.16. The second-order valence-corrected chi connectivity index (χ2v) is 5.35. The number of aliphatic hydroxyl groups excluding tert-OH is 1. The van der Waals surface area contributed by atoms with E-state index in [-0.39, 0.29) is 17.3 Å². The van der Waals surface area contributed by atoms with Gasteiger partial charge < -0.3 is 20.1 Å². The molecular weight excluding hydrogens is 271 g/mol. The average Bonchev–Trinajstić information content (AvgIpc) is 2.99. The van der Waals surface area contributed by atoms with E-state index in [1.807, 2.05) is 0 Å². The summed E-state index contributed by atoms with van der Waals surface area (Å²) >= 11 is 0. The lowest BCUT2D eigenvalue weighted by Crippen LogP contribution is -2.28. The molecule has 2 aliphatic heterocycles. The van der Waals surface area contributed by atoms with Crippen LogP contribution in [0.3, 0.4) is 0 Å². The largest absolute Gasteiger partial charge is 0.510 e. The van der Waals surface area contributed by atoms with Gasteiger partial charge in [0.05, 0.1) is 6.54 Å². The third kappa shape index (κ3) is 3.36. The molecule has 1 saturated heterocycles. The number of allylic oxidation sites excluding steroid dienone is 2. The fraction of sp³-hybridized carbons (Fsp3) is 0.375. The summed E-state index contributed by atoms with van der Waals surface area (Å²) in [6, 6.07) is 5.18. The highest BCUT2D eigenvalue weighted by molar-refractivity contribution is 5.54. The molecule has 0 radical (unpaired) electrons. The van der Waals surface area contributed by atoms with Crippen molar-refractivity contribution in [1.82, 2.24) is 5.32 Å². The van der Waals surface area contributed by atoms with Crippen LogP contribution in [0.2, 0.25) is 0 Å². The molecule has 1 fully saturated rings. The lowest BCUT2D eigenvalue weighted by atomic mass is 10.2. The predicted molar refractivity (Wildman–Crippen MR) is 80.1 cm³/mol. The Balaban J connectivity index is 1.65. The van der Waals surface area contributed by atoms with Gasteiger partial charge in [-0.3, -0.25) is 0 Å². The summed E-state index contributed by atoms with van der Waals surface area (Å²) in [5.41, 5.74) is 0.690. The van der Waals surface area contributed by atoms with E-state index in [4.69, 9.17) is 4.74 Å². The van der Waals surface area contributed by atoms with Crippen molar-refractivity contribution in [2.24, 2.45) is 0 Å². The number of aliphatic hydroxyl groups is 1. The average molecular weight is 290 g/mol. The van der Waals surface area contributed by atoms with Gasteiger partial charge in [0.2, 0.25) is 0 Å². The zero-order valence-electron chi connectivity index (χ0n) is 11.8. The van der Waals surface area contributed by atoms with Crippen LogP contribution in [0, 0.1) is 5.82 Å². The molecule has 0 aromatic heterocycles. The highest BCUT2D eigenvalue weighted by Crippen LogP contribution is 2.26. The molecule has 1 atom stereocenters. The Labute approximate surface area is 123 Å². The Hall–Kier alpha value is -2.01. The summed E-state index contributed by atoms with van der Waals surface area (Å²) in [7, 11) is 0. The van der Waals surface area contributed by atoms with Crippen LogP contribution >= 0.6 is 0 Å². The number of nitrogens with one attached hydrogen (secondary N) is 1. The number of benzene rings is 1.